The maximum absolute atomic E-state index is 9.03. The van der Waals surface area contributed by atoms with E-state index in [0.29, 0.717) is 11.4 Å². The molecule has 5 nitrogen and oxygen atoms in total. The highest BCUT2D eigenvalue weighted by atomic mass is 15.3. The average Bonchev–Trinajstić information content (AvgIpc) is 2.82. The number of anilines is 1. The van der Waals surface area contributed by atoms with Crippen LogP contribution in [0.2, 0.25) is 0 Å². The Morgan fingerprint density at radius 3 is 3.00 bits per heavy atom. The molecule has 0 amide bonds. The number of nitriles is 1. The number of hydrogen-bond donors (Lipinski definition) is 1. The smallest absolute Gasteiger partial charge is 0.144 e. The number of aromatic nitrogens is 3. The Morgan fingerprint density at radius 2 is 2.33 bits per heavy atom. The van der Waals surface area contributed by atoms with Crippen LogP contribution in [-0.4, -0.2) is 20.8 Å². The molecule has 18 heavy (non-hydrogen) atoms. The zero-order valence-electron chi connectivity index (χ0n) is 10.5. The van der Waals surface area contributed by atoms with E-state index < -0.39 is 0 Å². The summed E-state index contributed by atoms with van der Waals surface area (Å²) in [6.07, 6.45) is 3.66. The van der Waals surface area contributed by atoms with Crippen molar-refractivity contribution in [2.45, 2.75) is 26.4 Å². The number of pyridine rings is 1. The lowest BCUT2D eigenvalue weighted by Gasteiger charge is -2.15. The molecule has 1 N–H and O–H groups in total. The van der Waals surface area contributed by atoms with E-state index in [1.54, 1.807) is 12.3 Å². The van der Waals surface area contributed by atoms with Crippen molar-refractivity contribution in [2.24, 2.45) is 0 Å². The van der Waals surface area contributed by atoms with E-state index >= 15 is 0 Å². The summed E-state index contributed by atoms with van der Waals surface area (Å²) < 4.78 is 1.85. The Bertz CT molecular complexity index is 553. The van der Waals surface area contributed by atoms with Crippen molar-refractivity contribution in [3.05, 3.63) is 41.9 Å². The lowest BCUT2D eigenvalue weighted by atomic mass is 10.2. The van der Waals surface area contributed by atoms with Crippen molar-refractivity contribution in [3.8, 4) is 6.07 Å². The van der Waals surface area contributed by atoms with Gasteiger partial charge in [-0.15, -0.1) is 0 Å². The normalized spacial score (nSPS) is 11.8. The van der Waals surface area contributed by atoms with Crippen LogP contribution in [0.1, 0.15) is 18.2 Å². The molecule has 0 radical (unpaired) electrons. The third-order valence-corrected chi connectivity index (χ3v) is 2.56. The summed E-state index contributed by atoms with van der Waals surface area (Å²) in [5.41, 5.74) is 1.45. The molecule has 1 atom stereocenters. The van der Waals surface area contributed by atoms with Crippen LogP contribution < -0.4 is 5.32 Å². The molecule has 0 aromatic carbocycles. The zero-order valence-corrected chi connectivity index (χ0v) is 10.5. The van der Waals surface area contributed by atoms with Crippen LogP contribution >= 0.6 is 0 Å². The summed E-state index contributed by atoms with van der Waals surface area (Å²) in [5, 5.41) is 16.4. The van der Waals surface area contributed by atoms with Gasteiger partial charge in [0.1, 0.15) is 11.9 Å². The first-order chi connectivity index (χ1) is 8.69. The SMILES string of the molecule is Cc1ccc(C#N)c(NC(C)Cn2cccn2)n1. The minimum absolute atomic E-state index is 0.145. The van der Waals surface area contributed by atoms with Crippen molar-refractivity contribution in [1.82, 2.24) is 14.8 Å². The van der Waals surface area contributed by atoms with E-state index in [1.165, 1.54) is 0 Å². The Labute approximate surface area is 106 Å². The van der Waals surface area contributed by atoms with Crippen LogP contribution in [0.25, 0.3) is 0 Å². The molecule has 0 aliphatic heterocycles. The minimum Gasteiger partial charge on any atom is -0.365 e. The van der Waals surface area contributed by atoms with Gasteiger partial charge in [-0.05, 0) is 32.0 Å². The topological polar surface area (TPSA) is 66.5 Å². The van der Waals surface area contributed by atoms with Crippen LogP contribution in [0.5, 0.6) is 0 Å². The van der Waals surface area contributed by atoms with E-state index in [-0.39, 0.29) is 6.04 Å². The van der Waals surface area contributed by atoms with E-state index in [1.807, 2.05) is 36.9 Å². The molecular weight excluding hydrogens is 226 g/mol. The molecule has 0 saturated heterocycles. The van der Waals surface area contributed by atoms with Gasteiger partial charge in [0.25, 0.3) is 0 Å². The highest BCUT2D eigenvalue weighted by molar-refractivity contribution is 5.52. The molecule has 2 aromatic heterocycles. The van der Waals surface area contributed by atoms with E-state index in [9.17, 15) is 0 Å². The molecule has 0 fully saturated rings. The van der Waals surface area contributed by atoms with Crippen LogP contribution in [0.15, 0.2) is 30.6 Å². The lowest BCUT2D eigenvalue weighted by molar-refractivity contribution is 0.559. The number of rotatable bonds is 4. The third-order valence-electron chi connectivity index (χ3n) is 2.56. The first kappa shape index (κ1) is 12.1. The molecule has 0 saturated carbocycles. The van der Waals surface area contributed by atoms with Gasteiger partial charge in [0.2, 0.25) is 0 Å². The van der Waals surface area contributed by atoms with Gasteiger partial charge in [0.05, 0.1) is 12.1 Å². The average molecular weight is 241 g/mol. The van der Waals surface area contributed by atoms with Gasteiger partial charge in [0.15, 0.2) is 0 Å². The molecule has 0 aliphatic carbocycles. The Kier molecular flexibility index (Phi) is 3.58. The molecule has 2 aromatic rings. The minimum atomic E-state index is 0.145. The second-order valence-electron chi connectivity index (χ2n) is 4.23. The fourth-order valence-corrected chi connectivity index (χ4v) is 1.73. The van der Waals surface area contributed by atoms with Gasteiger partial charge in [-0.25, -0.2) is 4.98 Å². The van der Waals surface area contributed by atoms with Gasteiger partial charge in [-0.2, -0.15) is 10.4 Å². The number of nitrogens with zero attached hydrogens (tertiary/aromatic N) is 4. The van der Waals surface area contributed by atoms with Crippen molar-refractivity contribution >= 4 is 5.82 Å². The highest BCUT2D eigenvalue weighted by Gasteiger charge is 2.08. The van der Waals surface area contributed by atoms with Crippen LogP contribution in [0.3, 0.4) is 0 Å². The first-order valence-electron chi connectivity index (χ1n) is 5.81. The van der Waals surface area contributed by atoms with Crippen molar-refractivity contribution in [3.63, 3.8) is 0 Å². The maximum atomic E-state index is 9.03. The van der Waals surface area contributed by atoms with Crippen LogP contribution in [-0.2, 0) is 6.54 Å². The Hall–Kier alpha value is -2.35. The summed E-state index contributed by atoms with van der Waals surface area (Å²) in [4.78, 5) is 4.35. The van der Waals surface area contributed by atoms with Crippen molar-refractivity contribution in [1.29, 1.82) is 5.26 Å². The van der Waals surface area contributed by atoms with E-state index in [4.69, 9.17) is 5.26 Å². The number of aryl methyl sites for hydroxylation is 1. The van der Waals surface area contributed by atoms with Gasteiger partial charge in [0, 0.05) is 24.1 Å². The van der Waals surface area contributed by atoms with Crippen molar-refractivity contribution in [2.75, 3.05) is 5.32 Å². The van der Waals surface area contributed by atoms with E-state index in [2.05, 4.69) is 21.5 Å². The standard InChI is InChI=1S/C13H15N5/c1-10-4-5-12(8-14)13(16-10)17-11(2)9-18-7-3-6-15-18/h3-7,11H,9H2,1-2H3,(H,16,17). The number of nitrogens with one attached hydrogen (secondary N) is 1. The molecule has 2 heterocycles. The summed E-state index contributed by atoms with van der Waals surface area (Å²) in [7, 11) is 0. The lowest BCUT2D eigenvalue weighted by Crippen LogP contribution is -2.23. The third kappa shape index (κ3) is 2.86. The molecule has 0 aliphatic rings. The van der Waals surface area contributed by atoms with Gasteiger partial charge in [-0.3, -0.25) is 4.68 Å². The molecule has 5 heteroatoms. The van der Waals surface area contributed by atoms with E-state index in [0.717, 1.165) is 12.2 Å². The monoisotopic (exact) mass is 241 g/mol. The maximum Gasteiger partial charge on any atom is 0.144 e. The Morgan fingerprint density at radius 1 is 1.50 bits per heavy atom. The largest absolute Gasteiger partial charge is 0.365 e. The zero-order chi connectivity index (χ0) is 13.0. The molecule has 0 bridgehead atoms. The summed E-state index contributed by atoms with van der Waals surface area (Å²) in [6.45, 7) is 4.67. The van der Waals surface area contributed by atoms with Crippen LogP contribution in [0, 0.1) is 18.3 Å². The predicted molar refractivity (Wildman–Crippen MR) is 69.0 cm³/mol. The highest BCUT2D eigenvalue weighted by Crippen LogP contribution is 2.13. The first-order valence-corrected chi connectivity index (χ1v) is 5.81. The summed E-state index contributed by atoms with van der Waals surface area (Å²) in [6, 6.07) is 7.79. The molecule has 2 rings (SSSR count). The molecule has 92 valence electrons. The van der Waals surface area contributed by atoms with Gasteiger partial charge in [-0.1, -0.05) is 0 Å². The summed E-state index contributed by atoms with van der Waals surface area (Å²) >= 11 is 0. The quantitative estimate of drug-likeness (QED) is 0.888. The predicted octanol–water partition coefficient (Wildman–Crippen LogP) is 1.96. The molecular formula is C13H15N5. The van der Waals surface area contributed by atoms with Gasteiger partial charge < -0.3 is 5.32 Å². The summed E-state index contributed by atoms with van der Waals surface area (Å²) in [5.74, 6) is 0.636. The fourth-order valence-electron chi connectivity index (χ4n) is 1.73. The van der Waals surface area contributed by atoms with Gasteiger partial charge >= 0.3 is 0 Å². The second kappa shape index (κ2) is 5.32. The molecule has 1 unspecified atom stereocenters. The van der Waals surface area contributed by atoms with Crippen LogP contribution in [0.4, 0.5) is 5.82 Å². The molecule has 0 spiro atoms. The Balaban J connectivity index is 2.09. The fraction of sp³-hybridized carbons (Fsp3) is 0.308. The second-order valence-corrected chi connectivity index (χ2v) is 4.23. The number of hydrogen-bond acceptors (Lipinski definition) is 4. The van der Waals surface area contributed by atoms with Crippen molar-refractivity contribution < 1.29 is 0 Å².